The molecule has 0 spiro atoms. The number of hydrogen-bond donors (Lipinski definition) is 5. The van der Waals surface area contributed by atoms with Gasteiger partial charge in [0, 0.05) is 6.20 Å². The van der Waals surface area contributed by atoms with Gasteiger partial charge in [-0.15, -0.1) is 10.2 Å². The third-order valence-electron chi connectivity index (χ3n) is 0.992. The molecule has 0 unspecified atom stereocenters. The van der Waals surface area contributed by atoms with Crippen molar-refractivity contribution in [3.05, 3.63) is 11.8 Å². The van der Waals surface area contributed by atoms with Crippen LogP contribution >= 0.6 is 0 Å². The van der Waals surface area contributed by atoms with Crippen LogP contribution in [0.3, 0.4) is 0 Å². The van der Waals surface area contributed by atoms with Crippen LogP contribution < -0.4 is 17.4 Å². The van der Waals surface area contributed by atoms with Crippen LogP contribution in [-0.4, -0.2) is 11.7 Å². The van der Waals surface area contributed by atoms with E-state index in [1.54, 1.807) is 0 Å². The Morgan fingerprint density at radius 2 is 1.38 bits per heavy atom. The molecule has 0 aliphatic carbocycles. The second kappa shape index (κ2) is 5.35. The van der Waals surface area contributed by atoms with Crippen LogP contribution in [-0.2, 0) is 0 Å². The van der Waals surface area contributed by atoms with Gasteiger partial charge in [-0.1, -0.05) is 10.4 Å². The smallest absolute Gasteiger partial charge is 0.181 e. The number of rotatable bonds is 2. The van der Waals surface area contributed by atoms with Crippen molar-refractivity contribution in [1.29, 1.82) is 10.8 Å². The highest BCUT2D eigenvalue weighted by Crippen LogP contribution is 2.00. The average molecular weight is 183 g/mol. The molecule has 0 rings (SSSR count). The second-order valence-corrected chi connectivity index (χ2v) is 1.71. The summed E-state index contributed by atoms with van der Waals surface area (Å²) in [6.07, 6.45) is 0.966. The van der Waals surface area contributed by atoms with E-state index in [9.17, 15) is 0 Å². The van der Waals surface area contributed by atoms with Gasteiger partial charge in [0.05, 0.1) is 5.57 Å². The molecule has 0 fully saturated rings. The Morgan fingerprint density at radius 3 is 1.62 bits per heavy atom. The standard InChI is InChI=1S/C4H9N9/c5-1-2(3(6)10-12-8)4(7)11-13-9/h1H,5H2,(H3,6,8,10)(H3,7,9,11). The maximum Gasteiger partial charge on any atom is 0.181 e. The molecule has 0 aromatic rings. The zero-order chi connectivity index (χ0) is 10.3. The first-order valence-corrected chi connectivity index (χ1v) is 2.99. The first kappa shape index (κ1) is 10.7. The molecule has 0 aliphatic rings. The summed E-state index contributed by atoms with van der Waals surface area (Å²) in [7, 11) is 0. The molecule has 0 radical (unpaired) electrons. The molecule has 0 aromatic heterocycles. The second-order valence-electron chi connectivity index (χ2n) is 1.71. The fraction of sp³-hybridized carbons (Fsp3) is 0. The van der Waals surface area contributed by atoms with E-state index in [-0.39, 0.29) is 17.2 Å². The molecule has 13 heavy (non-hydrogen) atoms. The minimum Gasteiger partial charge on any atom is -0.404 e. The molecule has 0 amide bonds. The molecule has 0 aliphatic heterocycles. The lowest BCUT2D eigenvalue weighted by Gasteiger charge is -1.97. The highest BCUT2D eigenvalue weighted by Gasteiger charge is 2.09. The average Bonchev–Trinajstić information content (AvgIpc) is 2.06. The van der Waals surface area contributed by atoms with Crippen LogP contribution in [0.25, 0.3) is 0 Å². The predicted octanol–water partition coefficient (Wildman–Crippen LogP) is -0.565. The minimum atomic E-state index is -0.387. The number of amidine groups is 2. The molecular weight excluding hydrogens is 174 g/mol. The van der Waals surface area contributed by atoms with Gasteiger partial charge >= 0.3 is 0 Å². The van der Waals surface area contributed by atoms with Gasteiger partial charge < -0.3 is 17.4 Å². The Hall–Kier alpha value is -2.32. The van der Waals surface area contributed by atoms with Gasteiger partial charge in [-0.3, -0.25) is 10.8 Å². The topological polar surface area (TPSA) is 175 Å². The van der Waals surface area contributed by atoms with Crippen LogP contribution in [0.2, 0.25) is 0 Å². The van der Waals surface area contributed by atoms with Gasteiger partial charge in [-0.25, -0.2) is 0 Å². The Balaban J connectivity index is 4.73. The van der Waals surface area contributed by atoms with Crippen molar-refractivity contribution in [2.75, 3.05) is 0 Å². The summed E-state index contributed by atoms with van der Waals surface area (Å²) >= 11 is 0. The summed E-state index contributed by atoms with van der Waals surface area (Å²) in [6, 6.07) is 0. The van der Waals surface area contributed by atoms with E-state index in [0.29, 0.717) is 0 Å². The van der Waals surface area contributed by atoms with Crippen molar-refractivity contribution >= 4 is 11.7 Å². The molecule has 0 saturated carbocycles. The Morgan fingerprint density at radius 1 is 1.00 bits per heavy atom. The lowest BCUT2D eigenvalue weighted by molar-refractivity contribution is 1.06. The molecule has 0 heterocycles. The van der Waals surface area contributed by atoms with Crippen molar-refractivity contribution in [1.82, 2.24) is 0 Å². The van der Waals surface area contributed by atoms with Crippen LogP contribution in [0.4, 0.5) is 0 Å². The van der Waals surface area contributed by atoms with Crippen LogP contribution in [0.1, 0.15) is 0 Å². The molecule has 0 saturated heterocycles. The first-order chi connectivity index (χ1) is 6.17. The van der Waals surface area contributed by atoms with E-state index in [2.05, 4.69) is 20.7 Å². The van der Waals surface area contributed by atoms with Gasteiger partial charge in [0.1, 0.15) is 0 Å². The predicted molar refractivity (Wildman–Crippen MR) is 45.8 cm³/mol. The van der Waals surface area contributed by atoms with E-state index in [1.165, 1.54) is 0 Å². The Bertz CT molecular complexity index is 258. The summed E-state index contributed by atoms with van der Waals surface area (Å²) in [4.78, 5) is 0. The summed E-state index contributed by atoms with van der Waals surface area (Å²) in [5, 5.41) is 26.4. The van der Waals surface area contributed by atoms with E-state index in [1.807, 2.05) is 0 Å². The van der Waals surface area contributed by atoms with Crippen LogP contribution in [0, 0.1) is 10.8 Å². The molecular formula is C4H9N9. The molecule has 0 bridgehead atoms. The van der Waals surface area contributed by atoms with Crippen molar-refractivity contribution < 1.29 is 0 Å². The lowest BCUT2D eigenvalue weighted by Crippen LogP contribution is -2.10. The normalized spacial score (nSPS) is 10.5. The van der Waals surface area contributed by atoms with Gasteiger partial charge in [0.25, 0.3) is 0 Å². The van der Waals surface area contributed by atoms with E-state index < -0.39 is 0 Å². The van der Waals surface area contributed by atoms with Gasteiger partial charge in [0.15, 0.2) is 11.7 Å². The lowest BCUT2D eigenvalue weighted by atomic mass is 10.2. The van der Waals surface area contributed by atoms with Gasteiger partial charge in [0.2, 0.25) is 0 Å². The first-order valence-electron chi connectivity index (χ1n) is 2.99. The minimum absolute atomic E-state index is 0.0663. The fourth-order valence-corrected chi connectivity index (χ4v) is 0.493. The maximum atomic E-state index is 7.18. The number of nitrogens with zero attached hydrogens (tertiary/aromatic N) is 4. The van der Waals surface area contributed by atoms with Gasteiger partial charge in [-0.05, 0) is 0 Å². The van der Waals surface area contributed by atoms with Crippen LogP contribution in [0.15, 0.2) is 32.4 Å². The molecule has 0 atom stereocenters. The molecule has 8 N–H and O–H groups in total. The Kier molecular flexibility index (Phi) is 4.39. The number of hydrogen-bond acceptors (Lipinski definition) is 5. The summed E-state index contributed by atoms with van der Waals surface area (Å²) in [5.74, 6) is 8.62. The summed E-state index contributed by atoms with van der Waals surface area (Å²) in [5.41, 5.74) is 5.04. The Labute approximate surface area is 73.4 Å². The third-order valence-corrected chi connectivity index (χ3v) is 0.992. The third kappa shape index (κ3) is 3.05. The highest BCUT2D eigenvalue weighted by atomic mass is 15.3. The van der Waals surface area contributed by atoms with Crippen molar-refractivity contribution in [3.63, 3.8) is 0 Å². The fourth-order valence-electron chi connectivity index (χ4n) is 0.493. The molecule has 0 aromatic carbocycles. The van der Waals surface area contributed by atoms with E-state index in [4.69, 9.17) is 28.2 Å². The number of nitrogens with two attached hydrogens (primary N) is 3. The highest BCUT2D eigenvalue weighted by molar-refractivity contribution is 6.20. The zero-order valence-corrected chi connectivity index (χ0v) is 6.60. The summed E-state index contributed by atoms with van der Waals surface area (Å²) < 4.78 is 0. The van der Waals surface area contributed by atoms with Gasteiger partial charge in [-0.2, -0.15) is 0 Å². The number of nitrogens with one attached hydrogen (secondary N) is 2. The maximum absolute atomic E-state index is 7.18. The molecule has 70 valence electrons. The van der Waals surface area contributed by atoms with Crippen molar-refractivity contribution in [2.45, 2.75) is 0 Å². The monoisotopic (exact) mass is 183 g/mol. The SMILES string of the molecule is N=C(N=NN)C(=CN)C(=N)N=NN. The van der Waals surface area contributed by atoms with Crippen molar-refractivity contribution in [3.8, 4) is 0 Å². The van der Waals surface area contributed by atoms with E-state index in [0.717, 1.165) is 6.20 Å². The van der Waals surface area contributed by atoms with Crippen molar-refractivity contribution in [2.24, 2.45) is 38.1 Å². The largest absolute Gasteiger partial charge is 0.404 e. The van der Waals surface area contributed by atoms with Crippen LogP contribution in [0.5, 0.6) is 0 Å². The molecule has 9 heteroatoms. The quantitative estimate of drug-likeness (QED) is 0.127. The zero-order valence-electron chi connectivity index (χ0n) is 6.60. The molecule has 9 nitrogen and oxygen atoms in total. The summed E-state index contributed by atoms with van der Waals surface area (Å²) in [6.45, 7) is 0. The van der Waals surface area contributed by atoms with E-state index >= 15 is 0 Å².